The molecular weight excluding hydrogens is 328 g/mol. The minimum atomic E-state index is -3.57. The number of nitrogens with two attached hydrogens (primary N) is 1. The van der Waals surface area contributed by atoms with Crippen LogP contribution in [-0.4, -0.2) is 46.1 Å². The van der Waals surface area contributed by atoms with Crippen molar-refractivity contribution in [2.45, 2.75) is 18.7 Å². The maximum Gasteiger partial charge on any atom is 0.242 e. The molecule has 0 amide bonds. The van der Waals surface area contributed by atoms with E-state index < -0.39 is 10.0 Å². The SMILES string of the molecule is CN(CC(C)(C)CN)S(=O)(=O)c1ccc2c(c1)OCCO2.Cl. The molecule has 0 fully saturated rings. The predicted octanol–water partition coefficient (Wildman–Crippen LogP) is 1.48. The van der Waals surface area contributed by atoms with Gasteiger partial charge in [0.2, 0.25) is 10.0 Å². The molecule has 1 aromatic carbocycles. The summed E-state index contributed by atoms with van der Waals surface area (Å²) in [6.07, 6.45) is 0. The standard InChI is InChI=1S/C14H22N2O4S.ClH/c1-14(2,9-15)10-16(3)21(17,18)11-4-5-12-13(8-11)20-7-6-19-12;/h4-5,8H,6-7,9-10,15H2,1-3H3;1H. The molecular formula is C14H23ClN2O4S. The number of hydrogen-bond acceptors (Lipinski definition) is 5. The average molecular weight is 351 g/mol. The Bertz CT molecular complexity index is 619. The molecule has 0 saturated heterocycles. The molecule has 0 radical (unpaired) electrons. The first-order chi connectivity index (χ1) is 9.76. The van der Waals surface area contributed by atoms with Gasteiger partial charge in [-0.3, -0.25) is 0 Å². The van der Waals surface area contributed by atoms with Crippen molar-refractivity contribution in [3.05, 3.63) is 18.2 Å². The van der Waals surface area contributed by atoms with Gasteiger partial charge in [-0.25, -0.2) is 12.7 Å². The number of nitrogens with zero attached hydrogens (tertiary/aromatic N) is 1. The molecule has 2 rings (SSSR count). The summed E-state index contributed by atoms with van der Waals surface area (Å²) in [6, 6.07) is 4.67. The highest BCUT2D eigenvalue weighted by Gasteiger charge is 2.28. The van der Waals surface area contributed by atoms with Gasteiger partial charge in [-0.15, -0.1) is 12.4 Å². The molecule has 1 aromatic rings. The van der Waals surface area contributed by atoms with Crippen LogP contribution in [0.1, 0.15) is 13.8 Å². The molecule has 126 valence electrons. The zero-order chi connectivity index (χ0) is 15.7. The molecule has 0 unspecified atom stereocenters. The van der Waals surface area contributed by atoms with Crippen LogP contribution >= 0.6 is 12.4 Å². The van der Waals surface area contributed by atoms with Crippen molar-refractivity contribution >= 4 is 22.4 Å². The summed E-state index contributed by atoms with van der Waals surface area (Å²) < 4.78 is 37.4. The largest absolute Gasteiger partial charge is 0.486 e. The van der Waals surface area contributed by atoms with Crippen molar-refractivity contribution in [2.24, 2.45) is 11.1 Å². The van der Waals surface area contributed by atoms with Crippen molar-refractivity contribution in [3.8, 4) is 11.5 Å². The van der Waals surface area contributed by atoms with Gasteiger partial charge in [0.05, 0.1) is 4.90 Å². The van der Waals surface area contributed by atoms with E-state index in [9.17, 15) is 8.42 Å². The Morgan fingerprint density at radius 3 is 2.41 bits per heavy atom. The van der Waals surface area contributed by atoms with Crippen LogP contribution in [0.5, 0.6) is 11.5 Å². The number of sulfonamides is 1. The van der Waals surface area contributed by atoms with Crippen LogP contribution in [0.15, 0.2) is 23.1 Å². The Morgan fingerprint density at radius 2 is 1.82 bits per heavy atom. The second kappa shape index (κ2) is 7.04. The molecule has 0 aromatic heterocycles. The maximum atomic E-state index is 12.6. The van der Waals surface area contributed by atoms with Crippen LogP contribution in [0.2, 0.25) is 0 Å². The number of hydrogen-bond donors (Lipinski definition) is 1. The van der Waals surface area contributed by atoms with Gasteiger partial charge in [0, 0.05) is 19.7 Å². The minimum Gasteiger partial charge on any atom is -0.486 e. The van der Waals surface area contributed by atoms with Crippen molar-refractivity contribution in [3.63, 3.8) is 0 Å². The van der Waals surface area contributed by atoms with Gasteiger partial charge in [0.15, 0.2) is 11.5 Å². The highest BCUT2D eigenvalue weighted by molar-refractivity contribution is 7.89. The quantitative estimate of drug-likeness (QED) is 0.869. The molecule has 8 heteroatoms. The third kappa shape index (κ3) is 4.04. The zero-order valence-corrected chi connectivity index (χ0v) is 14.7. The molecule has 6 nitrogen and oxygen atoms in total. The highest BCUT2D eigenvalue weighted by atomic mass is 35.5. The van der Waals surface area contributed by atoms with Gasteiger partial charge >= 0.3 is 0 Å². The summed E-state index contributed by atoms with van der Waals surface area (Å²) in [5.74, 6) is 1.04. The lowest BCUT2D eigenvalue weighted by molar-refractivity contribution is 0.171. The fraction of sp³-hybridized carbons (Fsp3) is 0.571. The first kappa shape index (κ1) is 19.0. The molecule has 0 spiro atoms. The van der Waals surface area contributed by atoms with Crippen LogP contribution in [0.4, 0.5) is 0 Å². The monoisotopic (exact) mass is 350 g/mol. The van der Waals surface area contributed by atoms with E-state index in [0.717, 1.165) is 0 Å². The number of benzene rings is 1. The lowest BCUT2D eigenvalue weighted by Crippen LogP contribution is -2.39. The van der Waals surface area contributed by atoms with Crippen LogP contribution in [-0.2, 0) is 10.0 Å². The lowest BCUT2D eigenvalue weighted by atomic mass is 9.94. The summed E-state index contributed by atoms with van der Waals surface area (Å²) in [6.45, 7) is 5.52. The van der Waals surface area contributed by atoms with Crippen molar-refractivity contribution < 1.29 is 17.9 Å². The van der Waals surface area contributed by atoms with E-state index in [-0.39, 0.29) is 22.7 Å². The van der Waals surface area contributed by atoms with Crippen LogP contribution < -0.4 is 15.2 Å². The topological polar surface area (TPSA) is 81.9 Å². The number of halogens is 1. The summed E-state index contributed by atoms with van der Waals surface area (Å²) >= 11 is 0. The third-order valence-electron chi connectivity index (χ3n) is 3.43. The number of fused-ring (bicyclic) bond motifs is 1. The molecule has 0 atom stereocenters. The normalized spacial score (nSPS) is 14.6. The Morgan fingerprint density at radius 1 is 1.23 bits per heavy atom. The van der Waals surface area contributed by atoms with Crippen LogP contribution in [0, 0.1) is 5.41 Å². The Labute approximate surface area is 138 Å². The third-order valence-corrected chi connectivity index (χ3v) is 5.22. The van der Waals surface area contributed by atoms with E-state index in [1.165, 1.54) is 16.4 Å². The predicted molar refractivity (Wildman–Crippen MR) is 87.3 cm³/mol. The van der Waals surface area contributed by atoms with E-state index in [4.69, 9.17) is 15.2 Å². The summed E-state index contributed by atoms with van der Waals surface area (Å²) in [4.78, 5) is 0.196. The summed E-state index contributed by atoms with van der Waals surface area (Å²) in [7, 11) is -2.01. The van der Waals surface area contributed by atoms with Gasteiger partial charge < -0.3 is 15.2 Å². The smallest absolute Gasteiger partial charge is 0.242 e. The summed E-state index contributed by atoms with van der Waals surface area (Å²) in [5, 5.41) is 0. The first-order valence-corrected chi connectivity index (χ1v) is 8.26. The van der Waals surface area contributed by atoms with Crippen molar-refractivity contribution in [2.75, 3.05) is 33.4 Å². The van der Waals surface area contributed by atoms with Gasteiger partial charge in [-0.2, -0.15) is 0 Å². The van der Waals surface area contributed by atoms with E-state index in [0.29, 0.717) is 37.8 Å². The second-order valence-electron chi connectivity index (χ2n) is 5.93. The fourth-order valence-electron chi connectivity index (χ4n) is 2.12. The minimum absolute atomic E-state index is 0. The zero-order valence-electron chi connectivity index (χ0n) is 13.0. The molecule has 1 aliphatic heterocycles. The molecule has 0 bridgehead atoms. The first-order valence-electron chi connectivity index (χ1n) is 6.82. The van der Waals surface area contributed by atoms with Crippen LogP contribution in [0.3, 0.4) is 0 Å². The van der Waals surface area contributed by atoms with Gasteiger partial charge in [0.1, 0.15) is 13.2 Å². The molecule has 22 heavy (non-hydrogen) atoms. The molecule has 1 aliphatic rings. The maximum absolute atomic E-state index is 12.6. The second-order valence-corrected chi connectivity index (χ2v) is 7.98. The number of ether oxygens (including phenoxy) is 2. The van der Waals surface area contributed by atoms with Crippen molar-refractivity contribution in [1.29, 1.82) is 0 Å². The summed E-state index contributed by atoms with van der Waals surface area (Å²) in [5.41, 5.74) is 5.39. The van der Waals surface area contributed by atoms with E-state index in [1.807, 2.05) is 13.8 Å². The Balaban J connectivity index is 0.00000242. The Hall–Kier alpha value is -1.02. The lowest BCUT2D eigenvalue weighted by Gasteiger charge is -2.28. The van der Waals surface area contributed by atoms with Crippen molar-refractivity contribution in [1.82, 2.24) is 4.31 Å². The molecule has 0 aliphatic carbocycles. The fourth-order valence-corrected chi connectivity index (χ4v) is 3.49. The van der Waals surface area contributed by atoms with E-state index >= 15 is 0 Å². The molecule has 1 heterocycles. The highest BCUT2D eigenvalue weighted by Crippen LogP contribution is 2.33. The van der Waals surface area contributed by atoms with E-state index in [1.54, 1.807) is 13.1 Å². The average Bonchev–Trinajstić information content (AvgIpc) is 2.46. The van der Waals surface area contributed by atoms with Gasteiger partial charge in [0.25, 0.3) is 0 Å². The van der Waals surface area contributed by atoms with E-state index in [2.05, 4.69) is 0 Å². The molecule has 0 saturated carbocycles. The van der Waals surface area contributed by atoms with Crippen LogP contribution in [0.25, 0.3) is 0 Å². The molecule has 2 N–H and O–H groups in total. The van der Waals surface area contributed by atoms with Gasteiger partial charge in [-0.1, -0.05) is 13.8 Å². The van der Waals surface area contributed by atoms with Gasteiger partial charge in [-0.05, 0) is 24.1 Å². The Kier molecular flexibility index (Phi) is 6.09. The number of rotatable bonds is 5.